The summed E-state index contributed by atoms with van der Waals surface area (Å²) in [5.41, 5.74) is 5.99. The maximum Gasteiger partial charge on any atom is 0.101 e. The zero-order chi connectivity index (χ0) is 14.0. The number of halogens is 1. The minimum absolute atomic E-state index is 0.656. The third-order valence-electron chi connectivity index (χ3n) is 3.01. The van der Waals surface area contributed by atoms with Crippen molar-refractivity contribution in [2.75, 3.05) is 5.32 Å². The molecule has 2 aromatic rings. The Morgan fingerprint density at radius 1 is 1.05 bits per heavy atom. The van der Waals surface area contributed by atoms with E-state index in [0.29, 0.717) is 5.56 Å². The predicted octanol–water partition coefficient (Wildman–Crippen LogP) is 4.99. The van der Waals surface area contributed by atoms with E-state index in [4.69, 9.17) is 5.26 Å². The molecule has 0 bridgehead atoms. The number of benzene rings is 2. The van der Waals surface area contributed by atoms with Crippen LogP contribution in [-0.2, 0) is 0 Å². The highest BCUT2D eigenvalue weighted by molar-refractivity contribution is 9.10. The molecule has 0 saturated carbocycles. The fourth-order valence-electron chi connectivity index (χ4n) is 2.03. The molecule has 2 aromatic carbocycles. The van der Waals surface area contributed by atoms with Gasteiger partial charge in [0.2, 0.25) is 0 Å². The summed E-state index contributed by atoms with van der Waals surface area (Å²) in [6.45, 7) is 6.14. The van der Waals surface area contributed by atoms with Gasteiger partial charge in [0.1, 0.15) is 6.07 Å². The molecule has 0 spiro atoms. The number of nitrogens with zero attached hydrogens (tertiary/aromatic N) is 1. The van der Waals surface area contributed by atoms with Gasteiger partial charge in [-0.15, -0.1) is 0 Å². The molecule has 0 aliphatic rings. The maximum absolute atomic E-state index is 9.14. The topological polar surface area (TPSA) is 35.8 Å². The number of hydrogen-bond donors (Lipinski definition) is 1. The normalized spacial score (nSPS) is 10.1. The van der Waals surface area contributed by atoms with E-state index >= 15 is 0 Å². The fraction of sp³-hybridized carbons (Fsp3) is 0.188. The van der Waals surface area contributed by atoms with Crippen LogP contribution >= 0.6 is 15.9 Å². The minimum Gasteiger partial charge on any atom is -0.354 e. The third kappa shape index (κ3) is 2.97. The standard InChI is InChI=1S/C16H15BrN2/c1-10-4-5-13(9-18)15(6-10)19-14-7-11(2)16(17)12(3)8-14/h4-8,19H,1-3H3. The highest BCUT2D eigenvalue weighted by atomic mass is 79.9. The zero-order valence-electron chi connectivity index (χ0n) is 11.2. The first-order valence-electron chi connectivity index (χ1n) is 6.06. The number of rotatable bonds is 2. The summed E-state index contributed by atoms with van der Waals surface area (Å²) in [4.78, 5) is 0. The largest absolute Gasteiger partial charge is 0.354 e. The van der Waals surface area contributed by atoms with Gasteiger partial charge in [-0.05, 0) is 61.7 Å². The van der Waals surface area contributed by atoms with Crippen molar-refractivity contribution < 1.29 is 0 Å². The van der Waals surface area contributed by atoms with Crippen molar-refractivity contribution in [2.45, 2.75) is 20.8 Å². The Bertz CT molecular complexity index is 646. The molecule has 0 atom stereocenters. The van der Waals surface area contributed by atoms with E-state index in [2.05, 4.69) is 53.3 Å². The number of hydrogen-bond acceptors (Lipinski definition) is 2. The summed E-state index contributed by atoms with van der Waals surface area (Å²) >= 11 is 3.56. The molecule has 0 saturated heterocycles. The lowest BCUT2D eigenvalue weighted by atomic mass is 10.1. The maximum atomic E-state index is 9.14. The second-order valence-electron chi connectivity index (χ2n) is 4.71. The highest BCUT2D eigenvalue weighted by Crippen LogP contribution is 2.28. The minimum atomic E-state index is 0.656. The average molecular weight is 315 g/mol. The molecular formula is C16H15BrN2. The van der Waals surface area contributed by atoms with Crippen LogP contribution in [0.3, 0.4) is 0 Å². The molecule has 0 unspecified atom stereocenters. The van der Waals surface area contributed by atoms with Crippen molar-refractivity contribution in [1.29, 1.82) is 5.26 Å². The smallest absolute Gasteiger partial charge is 0.101 e. The molecule has 19 heavy (non-hydrogen) atoms. The van der Waals surface area contributed by atoms with Crippen LogP contribution < -0.4 is 5.32 Å². The second-order valence-corrected chi connectivity index (χ2v) is 5.50. The second kappa shape index (κ2) is 5.46. The molecule has 96 valence electrons. The van der Waals surface area contributed by atoms with Crippen LogP contribution in [-0.4, -0.2) is 0 Å². The van der Waals surface area contributed by atoms with Crippen molar-refractivity contribution in [1.82, 2.24) is 0 Å². The number of nitrogens with one attached hydrogen (secondary N) is 1. The number of nitriles is 1. The van der Waals surface area contributed by atoms with Gasteiger partial charge in [0, 0.05) is 10.2 Å². The summed E-state index contributed by atoms with van der Waals surface area (Å²) in [5, 5.41) is 12.5. The monoisotopic (exact) mass is 314 g/mol. The van der Waals surface area contributed by atoms with Gasteiger partial charge in [-0.25, -0.2) is 0 Å². The number of anilines is 2. The Morgan fingerprint density at radius 2 is 1.68 bits per heavy atom. The highest BCUT2D eigenvalue weighted by Gasteiger charge is 2.06. The third-order valence-corrected chi connectivity index (χ3v) is 4.26. The summed E-state index contributed by atoms with van der Waals surface area (Å²) in [5.74, 6) is 0. The Balaban J connectivity index is 2.42. The molecule has 0 aliphatic heterocycles. The lowest BCUT2D eigenvalue weighted by Gasteiger charge is -2.12. The first kappa shape index (κ1) is 13.6. The van der Waals surface area contributed by atoms with Crippen molar-refractivity contribution in [3.05, 3.63) is 57.1 Å². The quantitative estimate of drug-likeness (QED) is 0.847. The molecule has 0 radical (unpaired) electrons. The summed E-state index contributed by atoms with van der Waals surface area (Å²) in [6, 6.07) is 12.1. The van der Waals surface area contributed by atoms with Crippen LogP contribution in [0.25, 0.3) is 0 Å². The zero-order valence-corrected chi connectivity index (χ0v) is 12.8. The van der Waals surface area contributed by atoms with E-state index in [-0.39, 0.29) is 0 Å². The number of aryl methyl sites for hydroxylation is 3. The van der Waals surface area contributed by atoms with Crippen LogP contribution in [0.2, 0.25) is 0 Å². The van der Waals surface area contributed by atoms with Gasteiger partial charge < -0.3 is 5.32 Å². The molecule has 0 aromatic heterocycles. The van der Waals surface area contributed by atoms with Crippen LogP contribution in [0.5, 0.6) is 0 Å². The molecule has 0 heterocycles. The van der Waals surface area contributed by atoms with Gasteiger partial charge in [0.15, 0.2) is 0 Å². The van der Waals surface area contributed by atoms with E-state index in [1.165, 1.54) is 11.1 Å². The average Bonchev–Trinajstić information content (AvgIpc) is 2.36. The van der Waals surface area contributed by atoms with Crippen LogP contribution in [0, 0.1) is 32.1 Å². The van der Waals surface area contributed by atoms with Gasteiger partial charge in [0.25, 0.3) is 0 Å². The summed E-state index contributed by atoms with van der Waals surface area (Å²) in [6.07, 6.45) is 0. The Labute approximate surface area is 122 Å². The molecular weight excluding hydrogens is 300 g/mol. The van der Waals surface area contributed by atoms with E-state index in [0.717, 1.165) is 21.4 Å². The van der Waals surface area contributed by atoms with Crippen molar-refractivity contribution in [3.8, 4) is 6.07 Å². The molecule has 0 amide bonds. The first-order valence-corrected chi connectivity index (χ1v) is 6.85. The van der Waals surface area contributed by atoms with Gasteiger partial charge in [-0.3, -0.25) is 0 Å². The molecule has 2 rings (SSSR count). The lowest BCUT2D eigenvalue weighted by molar-refractivity contribution is 1.33. The molecule has 0 aliphatic carbocycles. The van der Waals surface area contributed by atoms with Crippen LogP contribution in [0.15, 0.2) is 34.8 Å². The Morgan fingerprint density at radius 3 is 2.26 bits per heavy atom. The molecule has 0 fully saturated rings. The lowest BCUT2D eigenvalue weighted by Crippen LogP contribution is -1.96. The van der Waals surface area contributed by atoms with Crippen LogP contribution in [0.1, 0.15) is 22.3 Å². The van der Waals surface area contributed by atoms with Gasteiger partial charge in [0.05, 0.1) is 11.3 Å². The van der Waals surface area contributed by atoms with E-state index in [9.17, 15) is 0 Å². The van der Waals surface area contributed by atoms with Crippen LogP contribution in [0.4, 0.5) is 11.4 Å². The SMILES string of the molecule is Cc1ccc(C#N)c(Nc2cc(C)c(Br)c(C)c2)c1. The van der Waals surface area contributed by atoms with Gasteiger partial charge in [-0.1, -0.05) is 22.0 Å². The summed E-state index contributed by atoms with van der Waals surface area (Å²) < 4.78 is 1.13. The van der Waals surface area contributed by atoms with Crippen molar-refractivity contribution in [3.63, 3.8) is 0 Å². The molecule has 3 heteroatoms. The van der Waals surface area contributed by atoms with Crippen molar-refractivity contribution >= 4 is 27.3 Å². The summed E-state index contributed by atoms with van der Waals surface area (Å²) in [7, 11) is 0. The van der Waals surface area contributed by atoms with Gasteiger partial charge >= 0.3 is 0 Å². The van der Waals surface area contributed by atoms with E-state index in [1.54, 1.807) is 0 Å². The molecule has 1 N–H and O–H groups in total. The molecule has 2 nitrogen and oxygen atoms in total. The van der Waals surface area contributed by atoms with E-state index < -0.39 is 0 Å². The van der Waals surface area contributed by atoms with E-state index in [1.807, 2.05) is 25.1 Å². The predicted molar refractivity (Wildman–Crippen MR) is 82.8 cm³/mol. The Kier molecular flexibility index (Phi) is 3.92. The fourth-order valence-corrected chi connectivity index (χ4v) is 2.26. The van der Waals surface area contributed by atoms with Crippen molar-refractivity contribution in [2.24, 2.45) is 0 Å². The Hall–Kier alpha value is -1.79. The van der Waals surface area contributed by atoms with Gasteiger partial charge in [-0.2, -0.15) is 5.26 Å². The first-order chi connectivity index (χ1) is 9.01.